The Morgan fingerprint density at radius 1 is 0.829 bits per heavy atom. The van der Waals surface area contributed by atoms with Crippen LogP contribution in [0.4, 0.5) is 5.69 Å². The van der Waals surface area contributed by atoms with Crippen molar-refractivity contribution in [2.45, 2.75) is 43.9 Å². The Kier molecular flexibility index (Phi) is 7.85. The molecule has 1 aliphatic heterocycles. The zero-order valence-corrected chi connectivity index (χ0v) is 24.1. The van der Waals surface area contributed by atoms with E-state index in [4.69, 9.17) is 10.1 Å². The molecule has 2 aromatic heterocycles. The zero-order chi connectivity index (χ0) is 28.2. The summed E-state index contributed by atoms with van der Waals surface area (Å²) in [7, 11) is -3.66. The van der Waals surface area contributed by atoms with Gasteiger partial charge in [-0.1, -0.05) is 60.2 Å². The minimum Gasteiger partial charge on any atom is -0.303 e. The maximum absolute atomic E-state index is 12.8. The fraction of sp³-hybridized carbons (Fsp3) is 0.273. The monoisotopic (exact) mass is 565 g/mol. The molecule has 1 N–H and O–H groups in total. The molecular formula is C33H35N5O2S. The van der Waals surface area contributed by atoms with Gasteiger partial charge < -0.3 is 4.90 Å². The van der Waals surface area contributed by atoms with Crippen molar-refractivity contribution in [3.63, 3.8) is 0 Å². The first-order valence-electron chi connectivity index (χ1n) is 14.3. The normalized spacial score (nSPS) is 14.1. The number of anilines is 1. The van der Waals surface area contributed by atoms with Gasteiger partial charge in [0.15, 0.2) is 11.5 Å². The molecule has 0 radical (unpaired) electrons. The third-order valence-electron chi connectivity index (χ3n) is 7.69. The van der Waals surface area contributed by atoms with Crippen LogP contribution in [-0.4, -0.2) is 47.6 Å². The van der Waals surface area contributed by atoms with Gasteiger partial charge in [-0.15, -0.1) is 0 Å². The van der Waals surface area contributed by atoms with E-state index in [0.717, 1.165) is 34.7 Å². The second-order valence-corrected chi connectivity index (χ2v) is 12.5. The van der Waals surface area contributed by atoms with E-state index in [9.17, 15) is 8.42 Å². The van der Waals surface area contributed by atoms with Gasteiger partial charge in [0.25, 0.3) is 10.0 Å². The van der Waals surface area contributed by atoms with Crippen molar-refractivity contribution in [2.75, 3.05) is 24.4 Å². The smallest absolute Gasteiger partial charge is 0.261 e. The predicted molar refractivity (Wildman–Crippen MR) is 164 cm³/mol. The summed E-state index contributed by atoms with van der Waals surface area (Å²) in [5.41, 5.74) is 6.67. The molecule has 210 valence electrons. The lowest BCUT2D eigenvalue weighted by molar-refractivity contribution is 0.334. The number of fused-ring (bicyclic) bond motifs is 1. The number of aryl methyl sites for hydroxylation is 2. The van der Waals surface area contributed by atoms with E-state index in [-0.39, 0.29) is 4.90 Å². The van der Waals surface area contributed by atoms with Gasteiger partial charge in [-0.05, 0) is 99.8 Å². The second kappa shape index (κ2) is 11.8. The van der Waals surface area contributed by atoms with Crippen molar-refractivity contribution >= 4 is 21.4 Å². The molecule has 6 rings (SSSR count). The lowest BCUT2D eigenvalue weighted by Crippen LogP contribution is -2.20. The Balaban J connectivity index is 1.13. The number of rotatable bonds is 10. The first kappa shape index (κ1) is 27.2. The predicted octanol–water partition coefficient (Wildman–Crippen LogP) is 6.12. The minimum absolute atomic E-state index is 0.235. The second-order valence-electron chi connectivity index (χ2n) is 10.9. The number of pyridine rings is 1. The van der Waals surface area contributed by atoms with E-state index >= 15 is 0 Å². The summed E-state index contributed by atoms with van der Waals surface area (Å²) in [6, 6.07) is 28.9. The van der Waals surface area contributed by atoms with Crippen LogP contribution in [-0.2, 0) is 22.9 Å². The molecule has 1 fully saturated rings. The van der Waals surface area contributed by atoms with Crippen molar-refractivity contribution in [1.82, 2.24) is 19.5 Å². The van der Waals surface area contributed by atoms with Crippen molar-refractivity contribution in [3.8, 4) is 11.3 Å². The molecule has 3 aromatic carbocycles. The highest BCUT2D eigenvalue weighted by Crippen LogP contribution is 2.24. The molecule has 0 saturated carbocycles. The van der Waals surface area contributed by atoms with Gasteiger partial charge in [-0.2, -0.15) is 5.10 Å². The van der Waals surface area contributed by atoms with E-state index in [1.165, 1.54) is 50.0 Å². The van der Waals surface area contributed by atoms with Crippen LogP contribution < -0.4 is 4.72 Å². The Hall–Kier alpha value is -4.01. The third kappa shape index (κ3) is 6.50. The van der Waals surface area contributed by atoms with Crippen molar-refractivity contribution in [3.05, 3.63) is 114 Å². The number of nitrogens with zero attached hydrogens (tertiary/aromatic N) is 4. The topological polar surface area (TPSA) is 79.6 Å². The van der Waals surface area contributed by atoms with Gasteiger partial charge in [0.05, 0.1) is 10.6 Å². The maximum atomic E-state index is 12.8. The molecular weight excluding hydrogens is 530 g/mol. The highest BCUT2D eigenvalue weighted by Gasteiger charge is 2.15. The molecule has 0 amide bonds. The molecule has 8 heteroatoms. The molecule has 5 aromatic rings. The van der Waals surface area contributed by atoms with Gasteiger partial charge in [0.1, 0.15) is 0 Å². The number of hydrogen-bond acceptors (Lipinski definition) is 5. The molecule has 7 nitrogen and oxygen atoms in total. The van der Waals surface area contributed by atoms with Crippen molar-refractivity contribution < 1.29 is 8.42 Å². The first-order valence-corrected chi connectivity index (χ1v) is 15.8. The lowest BCUT2D eigenvalue weighted by atomic mass is 10.1. The van der Waals surface area contributed by atoms with Crippen LogP contribution in [0, 0.1) is 6.92 Å². The lowest BCUT2D eigenvalue weighted by Gasteiger charge is -2.13. The van der Waals surface area contributed by atoms with Gasteiger partial charge in [0, 0.05) is 17.7 Å². The number of nitrogens with one attached hydrogen (secondary N) is 1. The third-order valence-corrected chi connectivity index (χ3v) is 9.09. The number of aromatic nitrogens is 3. The largest absolute Gasteiger partial charge is 0.303 e. The summed E-state index contributed by atoms with van der Waals surface area (Å²) < 4.78 is 30.1. The van der Waals surface area contributed by atoms with Gasteiger partial charge >= 0.3 is 0 Å². The highest BCUT2D eigenvalue weighted by atomic mass is 32.2. The van der Waals surface area contributed by atoms with Gasteiger partial charge in [0.2, 0.25) is 0 Å². The standard InChI is InChI=1S/C33H35N5O2S/c1-25-9-19-30(20-10-25)41(39,40)36-29-17-15-28(16-18-29)31-7-4-8-33-34-32(35-38(31)33)24-27-13-11-26(12-14-27)6-5-23-37-21-2-3-22-37/h4,7-20,36H,2-3,5-6,21-24H2,1H3. The van der Waals surface area contributed by atoms with Crippen LogP contribution in [0.25, 0.3) is 16.9 Å². The van der Waals surface area contributed by atoms with Gasteiger partial charge in [-0.25, -0.2) is 17.9 Å². The molecule has 0 atom stereocenters. The molecule has 1 saturated heterocycles. The maximum Gasteiger partial charge on any atom is 0.261 e. The van der Waals surface area contributed by atoms with E-state index < -0.39 is 10.0 Å². The Morgan fingerprint density at radius 3 is 2.27 bits per heavy atom. The average molecular weight is 566 g/mol. The number of benzene rings is 3. The number of hydrogen-bond donors (Lipinski definition) is 1. The van der Waals surface area contributed by atoms with Crippen LogP contribution in [0.3, 0.4) is 0 Å². The van der Waals surface area contributed by atoms with Crippen LogP contribution in [0.15, 0.2) is 95.9 Å². The van der Waals surface area contributed by atoms with E-state index in [1.807, 2.05) is 41.8 Å². The summed E-state index contributed by atoms with van der Waals surface area (Å²) >= 11 is 0. The highest BCUT2D eigenvalue weighted by molar-refractivity contribution is 7.92. The fourth-order valence-corrected chi connectivity index (χ4v) is 6.46. The van der Waals surface area contributed by atoms with Crippen LogP contribution in [0.5, 0.6) is 0 Å². The molecule has 1 aliphatic rings. The Bertz CT molecular complexity index is 1720. The summed E-state index contributed by atoms with van der Waals surface area (Å²) in [6.45, 7) is 5.64. The molecule has 0 aliphatic carbocycles. The summed E-state index contributed by atoms with van der Waals surface area (Å²) in [5.74, 6) is 0.765. The summed E-state index contributed by atoms with van der Waals surface area (Å²) in [6.07, 6.45) is 5.67. The quantitative estimate of drug-likeness (QED) is 0.221. The van der Waals surface area contributed by atoms with Crippen LogP contribution in [0.2, 0.25) is 0 Å². The molecule has 3 heterocycles. The Morgan fingerprint density at radius 2 is 1.54 bits per heavy atom. The molecule has 0 spiro atoms. The zero-order valence-electron chi connectivity index (χ0n) is 23.3. The SMILES string of the molecule is Cc1ccc(S(=O)(=O)Nc2ccc(-c3cccc4nc(Cc5ccc(CCCN6CCCC6)cc5)nn34)cc2)cc1. The summed E-state index contributed by atoms with van der Waals surface area (Å²) in [4.78, 5) is 7.58. The molecule has 0 unspecified atom stereocenters. The minimum atomic E-state index is -3.66. The van der Waals surface area contributed by atoms with E-state index in [0.29, 0.717) is 12.1 Å². The average Bonchev–Trinajstić information content (AvgIpc) is 3.64. The number of likely N-dealkylation sites (tertiary alicyclic amines) is 1. The molecule has 0 bridgehead atoms. The van der Waals surface area contributed by atoms with E-state index in [2.05, 4.69) is 33.9 Å². The van der Waals surface area contributed by atoms with Crippen LogP contribution in [0.1, 0.15) is 41.8 Å². The van der Waals surface area contributed by atoms with E-state index in [1.54, 1.807) is 36.4 Å². The number of sulfonamides is 1. The summed E-state index contributed by atoms with van der Waals surface area (Å²) in [5, 5.41) is 4.82. The Labute approximate surface area is 241 Å². The molecule has 41 heavy (non-hydrogen) atoms. The van der Waals surface area contributed by atoms with Gasteiger partial charge in [-0.3, -0.25) is 4.72 Å². The fourth-order valence-electron chi connectivity index (χ4n) is 5.40. The van der Waals surface area contributed by atoms with Crippen LogP contribution >= 0.6 is 0 Å². The van der Waals surface area contributed by atoms with Crippen molar-refractivity contribution in [2.24, 2.45) is 0 Å². The van der Waals surface area contributed by atoms with Crippen molar-refractivity contribution in [1.29, 1.82) is 0 Å². The first-order chi connectivity index (χ1) is 19.9.